The quantitative estimate of drug-likeness (QED) is 0.865. The highest BCUT2D eigenvalue weighted by atomic mass is 16.3. The number of nitrogens with zero attached hydrogens (tertiary/aromatic N) is 1. The maximum atomic E-state index is 10.1. The average molecular weight is 250 g/mol. The van der Waals surface area contributed by atoms with Gasteiger partial charge in [-0.3, -0.25) is 0 Å². The molecule has 0 atom stereocenters. The molecule has 0 fully saturated rings. The summed E-state index contributed by atoms with van der Waals surface area (Å²) in [4.78, 5) is 4.42. The maximum absolute atomic E-state index is 10.1. The van der Waals surface area contributed by atoms with Gasteiger partial charge in [-0.25, -0.2) is 4.98 Å². The van der Waals surface area contributed by atoms with Crippen LogP contribution in [0.5, 0.6) is 0 Å². The Hall–Kier alpha value is -1.09. The Balaban J connectivity index is 2.89. The number of aromatic nitrogens is 1. The third-order valence-electron chi connectivity index (χ3n) is 3.60. The molecule has 0 amide bonds. The van der Waals surface area contributed by atoms with E-state index in [-0.39, 0.29) is 5.41 Å². The van der Waals surface area contributed by atoms with Gasteiger partial charge >= 0.3 is 0 Å². The van der Waals surface area contributed by atoms with Crippen molar-refractivity contribution < 1.29 is 5.11 Å². The first-order chi connectivity index (χ1) is 7.93. The lowest BCUT2D eigenvalue weighted by Crippen LogP contribution is -2.51. The predicted molar refractivity (Wildman–Crippen MR) is 76.9 cm³/mol. The van der Waals surface area contributed by atoms with Crippen molar-refractivity contribution in [3.63, 3.8) is 0 Å². The van der Waals surface area contributed by atoms with E-state index in [1.165, 1.54) is 5.56 Å². The highest BCUT2D eigenvalue weighted by Gasteiger charge is 2.35. The minimum Gasteiger partial charge on any atom is -0.388 e. The van der Waals surface area contributed by atoms with Crippen molar-refractivity contribution in [3.8, 4) is 0 Å². The lowest BCUT2D eigenvalue weighted by atomic mass is 9.86. The molecular formula is C15H26N2O. The van der Waals surface area contributed by atoms with Crippen LogP contribution < -0.4 is 5.32 Å². The van der Waals surface area contributed by atoms with Crippen molar-refractivity contribution >= 4 is 5.82 Å². The van der Waals surface area contributed by atoms with Crippen LogP contribution in [0.4, 0.5) is 5.82 Å². The van der Waals surface area contributed by atoms with Crippen molar-refractivity contribution in [2.45, 2.75) is 65.0 Å². The van der Waals surface area contributed by atoms with Crippen molar-refractivity contribution in [2.75, 3.05) is 5.32 Å². The van der Waals surface area contributed by atoms with Gasteiger partial charge in [0, 0.05) is 6.20 Å². The van der Waals surface area contributed by atoms with Gasteiger partial charge in [-0.15, -0.1) is 0 Å². The Morgan fingerprint density at radius 1 is 1.00 bits per heavy atom. The van der Waals surface area contributed by atoms with E-state index in [4.69, 9.17) is 0 Å². The zero-order valence-corrected chi connectivity index (χ0v) is 12.6. The normalized spacial score (nSPS) is 13.6. The van der Waals surface area contributed by atoms with Crippen LogP contribution in [-0.2, 0) is 5.41 Å². The molecule has 1 aromatic rings. The molecule has 0 unspecified atom stereocenters. The average Bonchev–Trinajstić information content (AvgIpc) is 2.14. The van der Waals surface area contributed by atoms with Gasteiger partial charge in [0.2, 0.25) is 0 Å². The molecule has 0 bridgehead atoms. The molecule has 3 heteroatoms. The lowest BCUT2D eigenvalue weighted by molar-refractivity contribution is 0.0239. The molecule has 0 radical (unpaired) electrons. The summed E-state index contributed by atoms with van der Waals surface area (Å²) in [5.41, 5.74) is 0.0480. The molecule has 1 aromatic heterocycles. The topological polar surface area (TPSA) is 45.1 Å². The Labute approximate surface area is 111 Å². The van der Waals surface area contributed by atoms with E-state index in [0.29, 0.717) is 0 Å². The van der Waals surface area contributed by atoms with Crippen LogP contribution in [0.3, 0.4) is 0 Å². The smallest absolute Gasteiger partial charge is 0.126 e. The molecule has 1 rings (SSSR count). The number of anilines is 1. The summed E-state index contributed by atoms with van der Waals surface area (Å²) < 4.78 is 0. The molecule has 0 aliphatic carbocycles. The fourth-order valence-corrected chi connectivity index (χ4v) is 1.38. The third-order valence-corrected chi connectivity index (χ3v) is 3.60. The first kappa shape index (κ1) is 15.0. The molecule has 102 valence electrons. The SMILES string of the molecule is CC(C)(C)c1ccc(NC(C)(C)C(C)(C)O)nc1. The molecule has 0 saturated heterocycles. The van der Waals surface area contributed by atoms with Gasteiger partial charge in [0.05, 0.1) is 11.1 Å². The van der Waals surface area contributed by atoms with Crippen molar-refractivity contribution in [1.29, 1.82) is 0 Å². The Morgan fingerprint density at radius 2 is 1.56 bits per heavy atom. The van der Waals surface area contributed by atoms with E-state index in [9.17, 15) is 5.11 Å². The van der Waals surface area contributed by atoms with Gasteiger partial charge in [0.15, 0.2) is 0 Å². The summed E-state index contributed by atoms with van der Waals surface area (Å²) in [6.07, 6.45) is 1.89. The molecule has 1 heterocycles. The van der Waals surface area contributed by atoms with E-state index in [1.807, 2.05) is 26.1 Å². The number of aliphatic hydroxyl groups is 1. The second-order valence-corrected chi connectivity index (χ2v) is 6.99. The molecule has 0 spiro atoms. The van der Waals surface area contributed by atoms with Crippen molar-refractivity contribution in [1.82, 2.24) is 4.98 Å². The lowest BCUT2D eigenvalue weighted by Gasteiger charge is -2.38. The highest BCUT2D eigenvalue weighted by Crippen LogP contribution is 2.26. The molecular weight excluding hydrogens is 224 g/mol. The first-order valence-electron chi connectivity index (χ1n) is 6.40. The van der Waals surface area contributed by atoms with Gasteiger partial charge in [-0.1, -0.05) is 26.8 Å². The van der Waals surface area contributed by atoms with Crippen molar-refractivity contribution in [3.05, 3.63) is 23.9 Å². The van der Waals surface area contributed by atoms with Gasteiger partial charge in [0.1, 0.15) is 5.82 Å². The van der Waals surface area contributed by atoms with Crippen molar-refractivity contribution in [2.24, 2.45) is 0 Å². The van der Waals surface area contributed by atoms with E-state index >= 15 is 0 Å². The third kappa shape index (κ3) is 3.45. The fourth-order valence-electron chi connectivity index (χ4n) is 1.38. The summed E-state index contributed by atoms with van der Waals surface area (Å²) in [6, 6.07) is 4.05. The number of pyridine rings is 1. The summed E-state index contributed by atoms with van der Waals surface area (Å²) in [5.74, 6) is 0.787. The molecule has 3 nitrogen and oxygen atoms in total. The van der Waals surface area contributed by atoms with Gasteiger partial charge in [-0.2, -0.15) is 0 Å². The number of hydrogen-bond donors (Lipinski definition) is 2. The molecule has 0 aliphatic rings. The standard InChI is InChI=1S/C15H26N2O/c1-13(2,3)11-8-9-12(16-10-11)17-14(4,5)15(6,7)18/h8-10,18H,1-7H3,(H,16,17). The van der Waals surface area contributed by atoms with Crippen LogP contribution in [0.25, 0.3) is 0 Å². The molecule has 2 N–H and O–H groups in total. The second kappa shape index (κ2) is 4.54. The van der Waals surface area contributed by atoms with Crippen LogP contribution in [0.1, 0.15) is 54.0 Å². The summed E-state index contributed by atoms with van der Waals surface area (Å²) in [7, 11) is 0. The monoisotopic (exact) mass is 250 g/mol. The summed E-state index contributed by atoms with van der Waals surface area (Å²) in [5, 5.41) is 13.4. The first-order valence-corrected chi connectivity index (χ1v) is 6.40. The van der Waals surface area contributed by atoms with Gasteiger partial charge < -0.3 is 10.4 Å². The van der Waals surface area contributed by atoms with Crippen LogP contribution in [0.15, 0.2) is 18.3 Å². The zero-order chi connectivity index (χ0) is 14.2. The van der Waals surface area contributed by atoms with Gasteiger partial charge in [0.25, 0.3) is 0 Å². The predicted octanol–water partition coefficient (Wildman–Crippen LogP) is 3.34. The largest absolute Gasteiger partial charge is 0.388 e. The minimum absolute atomic E-state index is 0.108. The Morgan fingerprint density at radius 3 is 1.89 bits per heavy atom. The number of nitrogens with one attached hydrogen (secondary N) is 1. The van der Waals surface area contributed by atoms with E-state index in [2.05, 4.69) is 37.1 Å². The number of hydrogen-bond acceptors (Lipinski definition) is 3. The molecule has 18 heavy (non-hydrogen) atoms. The Kier molecular flexibility index (Phi) is 3.78. The molecule has 0 saturated carbocycles. The minimum atomic E-state index is -0.822. The second-order valence-electron chi connectivity index (χ2n) is 6.99. The molecule has 0 aliphatic heterocycles. The zero-order valence-electron chi connectivity index (χ0n) is 12.6. The van der Waals surface area contributed by atoms with Crippen LogP contribution in [0, 0.1) is 0 Å². The highest BCUT2D eigenvalue weighted by molar-refractivity contribution is 5.40. The maximum Gasteiger partial charge on any atom is 0.126 e. The van der Waals surface area contributed by atoms with Crippen LogP contribution in [-0.4, -0.2) is 21.2 Å². The van der Waals surface area contributed by atoms with E-state index in [0.717, 1.165) is 5.82 Å². The van der Waals surface area contributed by atoms with E-state index < -0.39 is 11.1 Å². The Bertz CT molecular complexity index is 394. The van der Waals surface area contributed by atoms with Crippen LogP contribution >= 0.6 is 0 Å². The van der Waals surface area contributed by atoms with Gasteiger partial charge in [-0.05, 0) is 44.7 Å². The number of rotatable bonds is 3. The van der Waals surface area contributed by atoms with Crippen LogP contribution in [0.2, 0.25) is 0 Å². The summed E-state index contributed by atoms with van der Waals surface area (Å²) in [6.45, 7) is 14.0. The fraction of sp³-hybridized carbons (Fsp3) is 0.667. The molecule has 0 aromatic carbocycles. The summed E-state index contributed by atoms with van der Waals surface area (Å²) >= 11 is 0. The van der Waals surface area contributed by atoms with E-state index in [1.54, 1.807) is 13.8 Å².